The van der Waals surface area contributed by atoms with Crippen molar-refractivity contribution in [1.29, 1.82) is 0 Å². The van der Waals surface area contributed by atoms with Gasteiger partial charge in [0.2, 0.25) is 0 Å². The van der Waals surface area contributed by atoms with Crippen LogP contribution in [0.4, 0.5) is 10.1 Å². The lowest BCUT2D eigenvalue weighted by atomic mass is 10.2. The first-order valence-electron chi connectivity index (χ1n) is 7.03. The highest BCUT2D eigenvalue weighted by Gasteiger charge is 2.30. The van der Waals surface area contributed by atoms with Crippen LogP contribution in [0.15, 0.2) is 46.4 Å². The number of aliphatic imine (C=N–C) groups is 1. The number of nitrogens with one attached hydrogen (secondary N) is 2. The number of anilines is 1. The lowest BCUT2D eigenvalue weighted by Gasteiger charge is -2.23. The van der Waals surface area contributed by atoms with Crippen LogP contribution in [0.3, 0.4) is 0 Å². The summed E-state index contributed by atoms with van der Waals surface area (Å²) in [7, 11) is 0. The van der Waals surface area contributed by atoms with Crippen LogP contribution in [-0.4, -0.2) is 23.2 Å². The minimum Gasteiger partial charge on any atom is -0.320 e. The van der Waals surface area contributed by atoms with Crippen molar-refractivity contribution in [3.05, 3.63) is 52.7 Å². The number of rotatable bonds is 2. The van der Waals surface area contributed by atoms with Gasteiger partial charge in [-0.25, -0.2) is 14.8 Å². The summed E-state index contributed by atoms with van der Waals surface area (Å²) in [5, 5.41) is 4.39. The van der Waals surface area contributed by atoms with Crippen LogP contribution in [0.5, 0.6) is 0 Å². The Labute approximate surface area is 128 Å². The number of nitrogens with zero attached hydrogens (tertiary/aromatic N) is 2. The quantitative estimate of drug-likeness (QED) is 0.882. The molecule has 0 aromatic heterocycles. The Morgan fingerprint density at radius 2 is 2.14 bits per heavy atom. The average Bonchev–Trinajstić information content (AvgIpc) is 2.86. The van der Waals surface area contributed by atoms with E-state index in [2.05, 4.69) is 15.7 Å². The minimum absolute atomic E-state index is 0.172. The third-order valence-electron chi connectivity index (χ3n) is 3.60. The van der Waals surface area contributed by atoms with Crippen molar-refractivity contribution >= 4 is 17.3 Å². The highest BCUT2D eigenvalue weighted by molar-refractivity contribution is 6.06. The molecule has 0 radical (unpaired) electrons. The molecule has 114 valence electrons. The van der Waals surface area contributed by atoms with Crippen molar-refractivity contribution in [3.63, 3.8) is 0 Å². The Morgan fingerprint density at radius 1 is 1.36 bits per heavy atom. The molecule has 1 aromatic rings. The summed E-state index contributed by atoms with van der Waals surface area (Å²) in [6, 6.07) is 4.71. The van der Waals surface area contributed by atoms with Gasteiger partial charge in [-0.3, -0.25) is 9.80 Å². The molecule has 2 aliphatic heterocycles. The van der Waals surface area contributed by atoms with Gasteiger partial charge in [-0.15, -0.1) is 0 Å². The Morgan fingerprint density at radius 3 is 2.86 bits per heavy atom. The maximum atomic E-state index is 13.9. The molecule has 5 nitrogen and oxygen atoms in total. The Hall–Kier alpha value is -2.47. The Balaban J connectivity index is 1.88. The SMILES string of the molecule is CC1=CC(C)=NC2=C(C(=O)Nc3ccc(C)cc3F)CNN12. The summed E-state index contributed by atoms with van der Waals surface area (Å²) in [6.07, 6.45) is 1.93. The number of hydrazine groups is 1. The molecule has 2 N–H and O–H groups in total. The van der Waals surface area contributed by atoms with Crippen molar-refractivity contribution in [2.24, 2.45) is 4.99 Å². The third-order valence-corrected chi connectivity index (χ3v) is 3.60. The van der Waals surface area contributed by atoms with E-state index in [4.69, 9.17) is 0 Å². The number of carbonyl (C=O) groups is 1. The highest BCUT2D eigenvalue weighted by atomic mass is 19.1. The predicted octanol–water partition coefficient (Wildman–Crippen LogP) is 2.48. The molecule has 2 aliphatic rings. The predicted molar refractivity (Wildman–Crippen MR) is 83.5 cm³/mol. The number of benzene rings is 1. The molecule has 2 heterocycles. The number of allylic oxidation sites excluding steroid dienone is 2. The fraction of sp³-hybridized carbons (Fsp3) is 0.250. The second-order valence-electron chi connectivity index (χ2n) is 5.45. The zero-order chi connectivity index (χ0) is 15.9. The minimum atomic E-state index is -0.443. The number of amides is 1. The van der Waals surface area contributed by atoms with Gasteiger partial charge < -0.3 is 5.32 Å². The van der Waals surface area contributed by atoms with Gasteiger partial charge >= 0.3 is 0 Å². The van der Waals surface area contributed by atoms with Crippen LogP contribution in [0.2, 0.25) is 0 Å². The first-order valence-corrected chi connectivity index (χ1v) is 7.03. The summed E-state index contributed by atoms with van der Waals surface area (Å²) in [6.45, 7) is 5.97. The maximum absolute atomic E-state index is 13.9. The molecule has 0 saturated carbocycles. The smallest absolute Gasteiger partial charge is 0.256 e. The van der Waals surface area contributed by atoms with Gasteiger partial charge in [-0.1, -0.05) is 6.07 Å². The van der Waals surface area contributed by atoms with Gasteiger partial charge in [0, 0.05) is 18.0 Å². The second kappa shape index (κ2) is 5.38. The highest BCUT2D eigenvalue weighted by Crippen LogP contribution is 2.26. The van der Waals surface area contributed by atoms with E-state index in [1.54, 1.807) is 24.1 Å². The molecule has 1 aromatic carbocycles. The van der Waals surface area contributed by atoms with Crippen LogP contribution in [-0.2, 0) is 4.79 Å². The number of carbonyl (C=O) groups excluding carboxylic acids is 1. The largest absolute Gasteiger partial charge is 0.320 e. The van der Waals surface area contributed by atoms with E-state index in [1.165, 1.54) is 6.07 Å². The van der Waals surface area contributed by atoms with E-state index in [9.17, 15) is 9.18 Å². The lowest BCUT2D eigenvalue weighted by Crippen LogP contribution is -2.31. The van der Waals surface area contributed by atoms with E-state index in [0.717, 1.165) is 17.0 Å². The summed E-state index contributed by atoms with van der Waals surface area (Å²) < 4.78 is 13.9. The fourth-order valence-electron chi connectivity index (χ4n) is 2.52. The summed E-state index contributed by atoms with van der Waals surface area (Å²) in [5.74, 6) is -0.220. The van der Waals surface area contributed by atoms with Gasteiger partial charge in [-0.2, -0.15) is 0 Å². The van der Waals surface area contributed by atoms with Crippen molar-refractivity contribution in [2.45, 2.75) is 20.8 Å². The van der Waals surface area contributed by atoms with E-state index in [0.29, 0.717) is 17.9 Å². The van der Waals surface area contributed by atoms with Crippen LogP contribution in [0.1, 0.15) is 19.4 Å². The zero-order valence-electron chi connectivity index (χ0n) is 12.7. The van der Waals surface area contributed by atoms with Gasteiger partial charge in [0.1, 0.15) is 5.82 Å². The van der Waals surface area contributed by atoms with Crippen LogP contribution < -0.4 is 10.7 Å². The number of aryl methyl sites for hydroxylation is 1. The molecular weight excluding hydrogens is 283 g/mol. The number of halogens is 1. The molecule has 0 aliphatic carbocycles. The number of fused-ring (bicyclic) bond motifs is 1. The summed E-state index contributed by atoms with van der Waals surface area (Å²) in [4.78, 5) is 16.8. The van der Waals surface area contributed by atoms with E-state index >= 15 is 0 Å². The molecule has 0 spiro atoms. The summed E-state index contributed by atoms with van der Waals surface area (Å²) >= 11 is 0. The van der Waals surface area contributed by atoms with Crippen molar-refractivity contribution in [1.82, 2.24) is 10.4 Å². The molecule has 0 saturated heterocycles. The topological polar surface area (TPSA) is 56.7 Å². The Bertz CT molecular complexity index is 749. The first kappa shape index (κ1) is 14.5. The molecule has 6 heteroatoms. The maximum Gasteiger partial charge on any atom is 0.256 e. The molecule has 0 atom stereocenters. The van der Waals surface area contributed by atoms with Gasteiger partial charge in [0.05, 0.1) is 11.3 Å². The molecule has 1 amide bonds. The molecule has 0 fully saturated rings. The van der Waals surface area contributed by atoms with Gasteiger partial charge in [0.25, 0.3) is 5.91 Å². The van der Waals surface area contributed by atoms with Gasteiger partial charge in [-0.05, 0) is 44.5 Å². The molecule has 22 heavy (non-hydrogen) atoms. The van der Waals surface area contributed by atoms with E-state index < -0.39 is 5.82 Å². The van der Waals surface area contributed by atoms with Crippen molar-refractivity contribution in [2.75, 3.05) is 11.9 Å². The number of hydrogen-bond acceptors (Lipinski definition) is 4. The normalized spacial score (nSPS) is 17.2. The van der Waals surface area contributed by atoms with E-state index in [1.807, 2.05) is 19.9 Å². The summed E-state index contributed by atoms with van der Waals surface area (Å²) in [5.41, 5.74) is 6.37. The average molecular weight is 300 g/mol. The molecule has 0 unspecified atom stereocenters. The first-order chi connectivity index (χ1) is 10.5. The lowest BCUT2D eigenvalue weighted by molar-refractivity contribution is -0.112. The molecule has 3 rings (SSSR count). The molecular formula is C16H17FN4O. The Kier molecular flexibility index (Phi) is 3.54. The van der Waals surface area contributed by atoms with Crippen molar-refractivity contribution in [3.8, 4) is 0 Å². The van der Waals surface area contributed by atoms with Crippen LogP contribution >= 0.6 is 0 Å². The van der Waals surface area contributed by atoms with E-state index in [-0.39, 0.29) is 11.6 Å². The third kappa shape index (κ3) is 2.53. The number of hydrogen-bond donors (Lipinski definition) is 2. The van der Waals surface area contributed by atoms with Crippen LogP contribution in [0.25, 0.3) is 0 Å². The fourth-order valence-corrected chi connectivity index (χ4v) is 2.52. The molecule has 0 bridgehead atoms. The van der Waals surface area contributed by atoms with Crippen LogP contribution in [0, 0.1) is 12.7 Å². The van der Waals surface area contributed by atoms with Gasteiger partial charge in [0.15, 0.2) is 5.82 Å². The second-order valence-corrected chi connectivity index (χ2v) is 5.45. The standard InChI is InChI=1S/C16H17FN4O/c1-9-4-5-14(13(17)6-9)20-16(22)12-8-18-21-11(3)7-10(2)19-15(12)21/h4-7,18H,8H2,1-3H3,(H,20,22). The van der Waals surface area contributed by atoms with Crippen molar-refractivity contribution < 1.29 is 9.18 Å². The monoisotopic (exact) mass is 300 g/mol. The zero-order valence-corrected chi connectivity index (χ0v) is 12.7.